The third kappa shape index (κ3) is 2.19. The average molecular weight is 364 g/mol. The van der Waals surface area contributed by atoms with Gasteiger partial charge in [-0.1, -0.05) is 17.7 Å². The first-order valence-corrected chi connectivity index (χ1v) is 8.31. The minimum Gasteiger partial charge on any atom is -0.338 e. The Hall–Kier alpha value is -3.25. The molecule has 0 amide bonds. The fourth-order valence-electron chi connectivity index (χ4n) is 3.14. The molecule has 0 spiro atoms. The monoisotopic (exact) mass is 363 g/mol. The van der Waals surface area contributed by atoms with Crippen molar-refractivity contribution in [1.29, 1.82) is 0 Å². The van der Waals surface area contributed by atoms with Gasteiger partial charge in [-0.2, -0.15) is 0 Å². The number of aromatic nitrogens is 4. The Morgan fingerprint density at radius 1 is 1.00 bits per heavy atom. The highest BCUT2D eigenvalue weighted by Crippen LogP contribution is 2.43. The normalized spacial score (nSPS) is 11.8. The number of fused-ring (bicyclic) bond motifs is 5. The van der Waals surface area contributed by atoms with Gasteiger partial charge < -0.3 is 10.3 Å². The SMILES string of the molecule is Fc1cccc(Cl)c1-c1nc2c([nH]1)-c1ccncc1Nc1ncccc1-2. The Morgan fingerprint density at radius 3 is 2.81 bits per heavy atom. The van der Waals surface area contributed by atoms with Gasteiger partial charge in [0.05, 0.1) is 28.2 Å². The molecule has 5 nitrogen and oxygen atoms in total. The van der Waals surface area contributed by atoms with E-state index in [0.717, 1.165) is 22.5 Å². The summed E-state index contributed by atoms with van der Waals surface area (Å²) in [6.45, 7) is 0. The molecule has 0 bridgehead atoms. The van der Waals surface area contributed by atoms with E-state index >= 15 is 0 Å². The quantitative estimate of drug-likeness (QED) is 0.437. The third-order valence-corrected chi connectivity index (χ3v) is 4.62. The number of benzene rings is 1. The predicted molar refractivity (Wildman–Crippen MR) is 98.7 cm³/mol. The van der Waals surface area contributed by atoms with Gasteiger partial charge in [-0.05, 0) is 30.3 Å². The summed E-state index contributed by atoms with van der Waals surface area (Å²) < 4.78 is 14.4. The van der Waals surface area contributed by atoms with Crippen molar-refractivity contribution in [2.75, 3.05) is 5.32 Å². The fourth-order valence-corrected chi connectivity index (χ4v) is 3.39. The van der Waals surface area contributed by atoms with E-state index in [0.29, 0.717) is 22.4 Å². The van der Waals surface area contributed by atoms with Crippen LogP contribution in [0.4, 0.5) is 15.9 Å². The zero-order chi connectivity index (χ0) is 17.7. The fraction of sp³-hybridized carbons (Fsp3) is 0. The van der Waals surface area contributed by atoms with Crippen molar-refractivity contribution >= 4 is 23.1 Å². The van der Waals surface area contributed by atoms with Crippen LogP contribution in [0.2, 0.25) is 5.02 Å². The van der Waals surface area contributed by atoms with Gasteiger partial charge in [0.1, 0.15) is 23.2 Å². The Morgan fingerprint density at radius 2 is 1.92 bits per heavy atom. The van der Waals surface area contributed by atoms with E-state index in [1.807, 2.05) is 18.2 Å². The van der Waals surface area contributed by atoms with Crippen LogP contribution in [0, 0.1) is 5.82 Å². The largest absolute Gasteiger partial charge is 0.338 e. The standard InChI is InChI=1S/C19H11ClFN5/c20-12-4-1-5-13(21)15(12)19-25-16-10-6-8-22-9-14(10)24-18-11(17(16)26-19)3-2-7-23-18/h1-9H,(H,23,24)(H,25,26). The maximum atomic E-state index is 14.4. The van der Waals surface area contributed by atoms with Crippen molar-refractivity contribution in [1.82, 2.24) is 19.9 Å². The van der Waals surface area contributed by atoms with E-state index in [1.165, 1.54) is 6.07 Å². The Balaban J connectivity index is 1.84. The van der Waals surface area contributed by atoms with E-state index in [2.05, 4.69) is 25.3 Å². The van der Waals surface area contributed by atoms with Gasteiger partial charge in [-0.25, -0.2) is 14.4 Å². The molecule has 0 saturated heterocycles. The van der Waals surface area contributed by atoms with Crippen LogP contribution < -0.4 is 5.32 Å². The van der Waals surface area contributed by atoms with Gasteiger partial charge in [0.15, 0.2) is 0 Å². The summed E-state index contributed by atoms with van der Waals surface area (Å²) >= 11 is 6.23. The second kappa shape index (κ2) is 5.64. The number of halogens is 2. The van der Waals surface area contributed by atoms with Crippen LogP contribution in [-0.4, -0.2) is 19.9 Å². The van der Waals surface area contributed by atoms with E-state index in [-0.39, 0.29) is 5.56 Å². The number of aromatic amines is 1. The molecule has 4 aromatic rings. The highest BCUT2D eigenvalue weighted by atomic mass is 35.5. The highest BCUT2D eigenvalue weighted by Gasteiger charge is 2.25. The average Bonchev–Trinajstić information content (AvgIpc) is 3.02. The molecule has 4 heterocycles. The van der Waals surface area contributed by atoms with Gasteiger partial charge in [-0.15, -0.1) is 0 Å². The van der Waals surface area contributed by atoms with Crippen LogP contribution in [0.5, 0.6) is 0 Å². The van der Waals surface area contributed by atoms with Crippen molar-refractivity contribution in [2.24, 2.45) is 0 Å². The van der Waals surface area contributed by atoms with Crippen LogP contribution >= 0.6 is 11.6 Å². The predicted octanol–water partition coefficient (Wildman–Crippen LogP) is 5.05. The lowest BCUT2D eigenvalue weighted by atomic mass is 10.1. The topological polar surface area (TPSA) is 66.5 Å². The minimum absolute atomic E-state index is 0.247. The summed E-state index contributed by atoms with van der Waals surface area (Å²) in [5.41, 5.74) is 4.17. The van der Waals surface area contributed by atoms with Gasteiger partial charge in [0.25, 0.3) is 0 Å². The molecule has 5 rings (SSSR count). The van der Waals surface area contributed by atoms with Gasteiger partial charge in [-0.3, -0.25) is 4.98 Å². The van der Waals surface area contributed by atoms with Crippen LogP contribution in [-0.2, 0) is 0 Å². The number of pyridine rings is 2. The Bertz CT molecular complexity index is 1070. The van der Waals surface area contributed by atoms with Crippen molar-refractivity contribution in [3.63, 3.8) is 0 Å². The van der Waals surface area contributed by atoms with E-state index in [1.54, 1.807) is 30.7 Å². The van der Waals surface area contributed by atoms with Crippen LogP contribution in [0.3, 0.4) is 0 Å². The molecule has 0 unspecified atom stereocenters. The summed E-state index contributed by atoms with van der Waals surface area (Å²) in [4.78, 5) is 16.5. The molecular weight excluding hydrogens is 353 g/mol. The Kier molecular flexibility index (Phi) is 3.26. The summed E-state index contributed by atoms with van der Waals surface area (Å²) in [6, 6.07) is 10.2. The number of hydrogen-bond donors (Lipinski definition) is 2. The molecule has 1 aliphatic heterocycles. The molecule has 1 aliphatic rings. The smallest absolute Gasteiger partial charge is 0.143 e. The van der Waals surface area contributed by atoms with Crippen molar-refractivity contribution < 1.29 is 4.39 Å². The molecule has 0 fully saturated rings. The van der Waals surface area contributed by atoms with Crippen LogP contribution in [0.25, 0.3) is 33.9 Å². The van der Waals surface area contributed by atoms with Crippen molar-refractivity contribution in [2.45, 2.75) is 0 Å². The number of rotatable bonds is 1. The second-order valence-electron chi connectivity index (χ2n) is 5.85. The zero-order valence-electron chi connectivity index (χ0n) is 13.3. The molecule has 7 heteroatoms. The molecule has 26 heavy (non-hydrogen) atoms. The number of anilines is 2. The molecule has 0 saturated carbocycles. The maximum Gasteiger partial charge on any atom is 0.143 e. The summed E-state index contributed by atoms with van der Waals surface area (Å²) in [5, 5.41) is 3.58. The van der Waals surface area contributed by atoms with Crippen molar-refractivity contribution in [3.05, 3.63) is 65.8 Å². The molecule has 2 N–H and O–H groups in total. The molecule has 3 aromatic heterocycles. The minimum atomic E-state index is -0.430. The molecule has 0 aliphatic carbocycles. The van der Waals surface area contributed by atoms with E-state index in [4.69, 9.17) is 11.6 Å². The molecule has 126 valence electrons. The highest BCUT2D eigenvalue weighted by molar-refractivity contribution is 6.33. The molecule has 1 aromatic carbocycles. The number of nitrogens with zero attached hydrogens (tertiary/aromatic N) is 3. The van der Waals surface area contributed by atoms with Gasteiger partial charge >= 0.3 is 0 Å². The lowest BCUT2D eigenvalue weighted by Crippen LogP contribution is -1.96. The van der Waals surface area contributed by atoms with E-state index in [9.17, 15) is 4.39 Å². The number of H-pyrrole nitrogens is 1. The maximum absolute atomic E-state index is 14.4. The molecule has 0 radical (unpaired) electrons. The lowest BCUT2D eigenvalue weighted by molar-refractivity contribution is 0.630. The number of nitrogens with one attached hydrogen (secondary N) is 2. The van der Waals surface area contributed by atoms with Crippen LogP contribution in [0.15, 0.2) is 55.0 Å². The van der Waals surface area contributed by atoms with Gasteiger partial charge in [0.2, 0.25) is 0 Å². The first kappa shape index (κ1) is 15.0. The summed E-state index contributed by atoms with van der Waals surface area (Å²) in [7, 11) is 0. The summed E-state index contributed by atoms with van der Waals surface area (Å²) in [6.07, 6.45) is 5.12. The third-order valence-electron chi connectivity index (χ3n) is 4.31. The van der Waals surface area contributed by atoms with Crippen molar-refractivity contribution in [3.8, 4) is 33.9 Å². The second-order valence-corrected chi connectivity index (χ2v) is 6.26. The van der Waals surface area contributed by atoms with Crippen LogP contribution in [0.1, 0.15) is 0 Å². The molecule has 0 atom stereocenters. The lowest BCUT2D eigenvalue weighted by Gasteiger charge is -2.08. The van der Waals surface area contributed by atoms with E-state index < -0.39 is 5.82 Å². The Labute approximate surface area is 152 Å². The summed E-state index contributed by atoms with van der Waals surface area (Å²) in [5.74, 6) is 0.608. The molecular formula is C19H11ClFN5. The first-order valence-electron chi connectivity index (χ1n) is 7.93. The first-order chi connectivity index (χ1) is 12.7. The number of imidazole rings is 1. The zero-order valence-corrected chi connectivity index (χ0v) is 14.0. The number of hydrogen-bond acceptors (Lipinski definition) is 4. The van der Waals surface area contributed by atoms with Gasteiger partial charge in [0, 0.05) is 23.5 Å².